The first-order valence-electron chi connectivity index (χ1n) is 2.99. The Kier molecular flexibility index (Phi) is 1.63. The van der Waals surface area contributed by atoms with Crippen LogP contribution < -0.4 is 5.32 Å². The van der Waals surface area contributed by atoms with E-state index in [2.05, 4.69) is 5.32 Å². The Morgan fingerprint density at radius 3 is 2.50 bits per heavy atom. The van der Waals surface area contributed by atoms with Crippen LogP contribution >= 0.6 is 0 Å². The Hall–Kier alpha value is -0.370. The third-order valence-corrected chi connectivity index (χ3v) is 1.44. The van der Waals surface area contributed by atoms with Gasteiger partial charge < -0.3 is 10.1 Å². The third kappa shape index (κ3) is 1.30. The fourth-order valence-electron chi connectivity index (χ4n) is 0.899. The highest BCUT2D eigenvalue weighted by Crippen LogP contribution is 2.07. The van der Waals surface area contributed by atoms with E-state index >= 15 is 0 Å². The van der Waals surface area contributed by atoms with Gasteiger partial charge in [0.15, 0.2) is 0 Å². The smallest absolute Gasteiger partial charge is 0.130 e. The van der Waals surface area contributed by atoms with Crippen LogP contribution in [0, 0.1) is 5.92 Å². The summed E-state index contributed by atoms with van der Waals surface area (Å²) in [4.78, 5) is 10.4. The molecule has 0 spiro atoms. The van der Waals surface area contributed by atoms with Crippen molar-refractivity contribution in [2.75, 3.05) is 13.1 Å². The summed E-state index contributed by atoms with van der Waals surface area (Å²) in [5.74, 6) is 0.962. The van der Waals surface area contributed by atoms with Crippen molar-refractivity contribution in [3.63, 3.8) is 0 Å². The number of hydrogen-bond donors (Lipinski definition) is 1. The summed E-state index contributed by atoms with van der Waals surface area (Å²) in [6.07, 6.45) is 0.771. The fourth-order valence-corrected chi connectivity index (χ4v) is 0.899. The summed E-state index contributed by atoms with van der Waals surface area (Å²) in [5.41, 5.74) is 0. The Labute approximate surface area is 49.3 Å². The van der Waals surface area contributed by atoms with Gasteiger partial charge in [-0.1, -0.05) is 0 Å². The van der Waals surface area contributed by atoms with E-state index in [1.165, 1.54) is 0 Å². The number of carbonyl (C=O) groups is 1. The summed E-state index contributed by atoms with van der Waals surface area (Å²) in [6.45, 7) is 3.73. The van der Waals surface area contributed by atoms with Gasteiger partial charge >= 0.3 is 0 Å². The van der Waals surface area contributed by atoms with Crippen molar-refractivity contribution in [1.82, 2.24) is 5.32 Å². The maximum Gasteiger partial charge on any atom is 0.130 e. The molecule has 1 saturated heterocycles. The van der Waals surface area contributed by atoms with Gasteiger partial charge in [-0.25, -0.2) is 0 Å². The molecule has 0 atom stereocenters. The highest BCUT2D eigenvalue weighted by molar-refractivity contribution is 5.75. The minimum absolute atomic E-state index is 0.316. The first-order valence-corrected chi connectivity index (χ1v) is 2.99. The lowest BCUT2D eigenvalue weighted by atomic mass is 9.98. The van der Waals surface area contributed by atoms with Crippen LogP contribution in [0.25, 0.3) is 0 Å². The van der Waals surface area contributed by atoms with E-state index in [-0.39, 0.29) is 0 Å². The predicted octanol–water partition coefficient (Wildman–Crippen LogP) is 0.185. The molecule has 1 heterocycles. The van der Waals surface area contributed by atoms with Crippen LogP contribution in [0.3, 0.4) is 0 Å². The second-order valence-electron chi connectivity index (χ2n) is 2.43. The summed E-state index contributed by atoms with van der Waals surface area (Å²) < 4.78 is 0. The second kappa shape index (κ2) is 2.27. The van der Waals surface area contributed by atoms with Gasteiger partial charge in [0.05, 0.1) is 0 Å². The summed E-state index contributed by atoms with van der Waals surface area (Å²) >= 11 is 0. The van der Waals surface area contributed by atoms with Crippen molar-refractivity contribution in [3.05, 3.63) is 0 Å². The van der Waals surface area contributed by atoms with Gasteiger partial charge in [-0.05, 0) is 25.9 Å². The molecule has 0 bridgehead atoms. The molecule has 0 unspecified atom stereocenters. The molecular weight excluding hydrogens is 102 g/mol. The zero-order valence-electron chi connectivity index (χ0n) is 5.11. The maximum absolute atomic E-state index is 10.4. The highest BCUT2D eigenvalue weighted by Gasteiger charge is 2.17. The second-order valence-corrected chi connectivity index (χ2v) is 2.43. The van der Waals surface area contributed by atoms with Crippen molar-refractivity contribution in [2.24, 2.45) is 5.92 Å². The molecule has 0 aromatic rings. The molecule has 8 heavy (non-hydrogen) atoms. The topological polar surface area (TPSA) is 29.1 Å². The van der Waals surface area contributed by atoms with Gasteiger partial charge in [0.2, 0.25) is 0 Å². The first kappa shape index (κ1) is 5.76. The van der Waals surface area contributed by atoms with Crippen LogP contribution in [0.2, 0.25) is 0 Å². The van der Waals surface area contributed by atoms with Crippen molar-refractivity contribution < 1.29 is 4.79 Å². The molecular formula is C6H11NO. The zero-order valence-corrected chi connectivity index (χ0v) is 5.11. The molecule has 2 heteroatoms. The monoisotopic (exact) mass is 113 g/mol. The molecule has 0 radical (unpaired) electrons. The lowest BCUT2D eigenvalue weighted by Gasteiger charge is -2.25. The van der Waals surface area contributed by atoms with Crippen molar-refractivity contribution in [2.45, 2.75) is 13.3 Å². The number of carbonyl (C=O) groups excluding carboxylic acids is 1. The summed E-state index contributed by atoms with van der Waals surface area (Å²) in [6, 6.07) is 0. The largest absolute Gasteiger partial charge is 0.316 e. The lowest BCUT2D eigenvalue weighted by molar-refractivity contribution is -0.118. The quantitative estimate of drug-likeness (QED) is 0.553. The number of nitrogens with one attached hydrogen (secondary N) is 1. The maximum atomic E-state index is 10.4. The normalized spacial score (nSPS) is 20.1. The van der Waals surface area contributed by atoms with Crippen LogP contribution in [-0.2, 0) is 4.79 Å². The SMILES string of the molecule is CC(=O)CC1CNC1. The van der Waals surface area contributed by atoms with Gasteiger partial charge in [-0.3, -0.25) is 0 Å². The Morgan fingerprint density at radius 2 is 2.38 bits per heavy atom. The molecule has 2 nitrogen and oxygen atoms in total. The summed E-state index contributed by atoms with van der Waals surface area (Å²) in [7, 11) is 0. The van der Waals surface area contributed by atoms with Crippen molar-refractivity contribution in [3.8, 4) is 0 Å². The van der Waals surface area contributed by atoms with E-state index in [0.717, 1.165) is 19.5 Å². The standard InChI is InChI=1S/C6H11NO/c1-5(8)2-6-3-7-4-6/h6-7H,2-4H2,1H3. The van der Waals surface area contributed by atoms with E-state index in [0.29, 0.717) is 11.7 Å². The summed E-state index contributed by atoms with van der Waals surface area (Å²) in [5, 5.41) is 3.11. The van der Waals surface area contributed by atoms with Crippen LogP contribution in [-0.4, -0.2) is 18.9 Å². The lowest BCUT2D eigenvalue weighted by Crippen LogP contribution is -2.42. The molecule has 1 fully saturated rings. The van der Waals surface area contributed by atoms with E-state index in [1.54, 1.807) is 6.92 Å². The fraction of sp³-hybridized carbons (Fsp3) is 0.833. The number of ketones is 1. The predicted molar refractivity (Wildman–Crippen MR) is 31.7 cm³/mol. The average molecular weight is 113 g/mol. The molecule has 0 aliphatic carbocycles. The highest BCUT2D eigenvalue weighted by atomic mass is 16.1. The molecule has 0 aromatic heterocycles. The third-order valence-electron chi connectivity index (χ3n) is 1.44. The van der Waals surface area contributed by atoms with E-state index in [4.69, 9.17) is 0 Å². The van der Waals surface area contributed by atoms with Gasteiger partial charge in [-0.15, -0.1) is 0 Å². The van der Waals surface area contributed by atoms with Gasteiger partial charge in [0, 0.05) is 6.42 Å². The Bertz CT molecular complexity index is 96.7. The minimum atomic E-state index is 0.316. The molecule has 46 valence electrons. The van der Waals surface area contributed by atoms with E-state index < -0.39 is 0 Å². The first-order chi connectivity index (χ1) is 3.79. The minimum Gasteiger partial charge on any atom is -0.316 e. The van der Waals surface area contributed by atoms with Crippen LogP contribution in [0.1, 0.15) is 13.3 Å². The molecule has 0 saturated carbocycles. The van der Waals surface area contributed by atoms with Crippen LogP contribution in [0.15, 0.2) is 0 Å². The van der Waals surface area contributed by atoms with Crippen LogP contribution in [0.5, 0.6) is 0 Å². The molecule has 0 amide bonds. The average Bonchev–Trinajstić information content (AvgIpc) is 1.55. The van der Waals surface area contributed by atoms with Crippen LogP contribution in [0.4, 0.5) is 0 Å². The molecule has 1 aliphatic heterocycles. The van der Waals surface area contributed by atoms with E-state index in [9.17, 15) is 4.79 Å². The Morgan fingerprint density at radius 1 is 1.75 bits per heavy atom. The van der Waals surface area contributed by atoms with Crippen molar-refractivity contribution in [1.29, 1.82) is 0 Å². The Balaban J connectivity index is 2.09. The molecule has 0 aromatic carbocycles. The van der Waals surface area contributed by atoms with Crippen molar-refractivity contribution >= 4 is 5.78 Å². The van der Waals surface area contributed by atoms with Gasteiger partial charge in [-0.2, -0.15) is 0 Å². The molecule has 1 N–H and O–H groups in total. The number of rotatable bonds is 2. The molecule has 1 rings (SSSR count). The van der Waals surface area contributed by atoms with Gasteiger partial charge in [0.25, 0.3) is 0 Å². The number of Topliss-reactive ketones (excluding diaryl/α,β-unsaturated/α-hetero) is 1. The zero-order chi connectivity index (χ0) is 5.98. The van der Waals surface area contributed by atoms with E-state index in [1.807, 2.05) is 0 Å². The van der Waals surface area contributed by atoms with Gasteiger partial charge in [0.1, 0.15) is 5.78 Å². The molecule has 1 aliphatic rings. The number of hydrogen-bond acceptors (Lipinski definition) is 2.